The number of hydrogen-bond donors (Lipinski definition) is 1. The summed E-state index contributed by atoms with van der Waals surface area (Å²) in [5.74, 6) is -0.611. The Labute approximate surface area is 107 Å². The fourth-order valence-electron chi connectivity index (χ4n) is 2.60. The molecule has 2 atom stereocenters. The molecule has 1 aromatic rings. The molecule has 1 heterocycles. The van der Waals surface area contributed by atoms with Gasteiger partial charge in [-0.05, 0) is 51.4 Å². The first-order valence-electron chi connectivity index (χ1n) is 6.47. The molecule has 1 aliphatic heterocycles. The number of nitrogens with one attached hydrogen (secondary N) is 1. The number of para-hydroxylation sites is 1. The topological polar surface area (TPSA) is 15.3 Å². The Hall–Kier alpha value is -1.16. The van der Waals surface area contributed by atoms with E-state index in [1.807, 2.05) is 6.92 Å². The van der Waals surface area contributed by atoms with E-state index >= 15 is 0 Å². The molecule has 0 bridgehead atoms. The van der Waals surface area contributed by atoms with E-state index < -0.39 is 11.6 Å². The fourth-order valence-corrected chi connectivity index (χ4v) is 2.60. The van der Waals surface area contributed by atoms with E-state index in [9.17, 15) is 8.78 Å². The molecule has 1 aliphatic rings. The summed E-state index contributed by atoms with van der Waals surface area (Å²) in [5.41, 5.74) is -0.00164. The van der Waals surface area contributed by atoms with Crippen LogP contribution < -0.4 is 5.32 Å². The summed E-state index contributed by atoms with van der Waals surface area (Å²) in [6.07, 6.45) is 2.25. The van der Waals surface area contributed by atoms with Crippen molar-refractivity contribution < 1.29 is 8.78 Å². The van der Waals surface area contributed by atoms with Crippen LogP contribution in [0.15, 0.2) is 18.2 Å². The van der Waals surface area contributed by atoms with Gasteiger partial charge >= 0.3 is 0 Å². The summed E-state index contributed by atoms with van der Waals surface area (Å²) in [5, 5.41) is 2.99. The highest BCUT2D eigenvalue weighted by molar-refractivity contribution is 5.46. The predicted molar refractivity (Wildman–Crippen MR) is 69.7 cm³/mol. The van der Waals surface area contributed by atoms with Crippen molar-refractivity contribution in [3.05, 3.63) is 29.8 Å². The minimum Gasteiger partial charge on any atom is -0.378 e. The third-order valence-electron chi connectivity index (χ3n) is 3.70. The second-order valence-electron chi connectivity index (χ2n) is 5.19. The average Bonchev–Trinajstić information content (AvgIpc) is 2.34. The normalized spacial score (nSPS) is 22.8. The smallest absolute Gasteiger partial charge is 0.149 e. The minimum atomic E-state index is -0.522. The van der Waals surface area contributed by atoms with Gasteiger partial charge in [-0.3, -0.25) is 0 Å². The van der Waals surface area contributed by atoms with Crippen LogP contribution in [0.2, 0.25) is 0 Å². The molecule has 2 unspecified atom stereocenters. The zero-order valence-electron chi connectivity index (χ0n) is 10.9. The molecule has 4 heteroatoms. The van der Waals surface area contributed by atoms with E-state index in [4.69, 9.17) is 0 Å². The Kier molecular flexibility index (Phi) is 4.17. The molecule has 100 valence electrons. The summed E-state index contributed by atoms with van der Waals surface area (Å²) in [6.45, 7) is 4.08. The number of piperidine rings is 1. The quantitative estimate of drug-likeness (QED) is 0.891. The molecule has 18 heavy (non-hydrogen) atoms. The molecule has 0 radical (unpaired) electrons. The van der Waals surface area contributed by atoms with E-state index in [-0.39, 0.29) is 11.7 Å². The van der Waals surface area contributed by atoms with Gasteiger partial charge in [0.2, 0.25) is 0 Å². The van der Waals surface area contributed by atoms with E-state index in [1.54, 1.807) is 0 Å². The number of anilines is 1. The number of nitrogens with zero attached hydrogens (tertiary/aromatic N) is 1. The lowest BCUT2D eigenvalue weighted by molar-refractivity contribution is 0.197. The van der Waals surface area contributed by atoms with E-state index in [1.165, 1.54) is 18.2 Å². The molecular formula is C14H20F2N2. The van der Waals surface area contributed by atoms with Crippen molar-refractivity contribution in [3.8, 4) is 0 Å². The largest absolute Gasteiger partial charge is 0.378 e. The molecule has 0 aromatic heterocycles. The lowest BCUT2D eigenvalue weighted by Crippen LogP contribution is -2.40. The fraction of sp³-hybridized carbons (Fsp3) is 0.571. The minimum absolute atomic E-state index is 0.00164. The van der Waals surface area contributed by atoms with Gasteiger partial charge in [0.05, 0.1) is 0 Å². The van der Waals surface area contributed by atoms with Gasteiger partial charge in [-0.1, -0.05) is 6.07 Å². The van der Waals surface area contributed by atoms with Crippen molar-refractivity contribution in [2.75, 3.05) is 25.5 Å². The molecule has 1 fully saturated rings. The molecule has 0 amide bonds. The first-order chi connectivity index (χ1) is 8.58. The van der Waals surface area contributed by atoms with Gasteiger partial charge in [-0.2, -0.15) is 0 Å². The van der Waals surface area contributed by atoms with Crippen LogP contribution in [-0.4, -0.2) is 31.1 Å². The molecule has 2 nitrogen and oxygen atoms in total. The predicted octanol–water partition coefficient (Wildman–Crippen LogP) is 3.11. The van der Waals surface area contributed by atoms with Gasteiger partial charge in [0.25, 0.3) is 0 Å². The SMILES string of the molecule is CC(Nc1c(F)cccc1F)C1CCCN(C)C1. The summed E-state index contributed by atoms with van der Waals surface area (Å²) in [6, 6.07) is 4.02. The van der Waals surface area contributed by atoms with Crippen LogP contribution in [0.4, 0.5) is 14.5 Å². The standard InChI is InChI=1S/C14H20F2N2/c1-10(11-5-4-8-18(2)9-11)17-14-12(15)6-3-7-13(14)16/h3,6-7,10-11,17H,4-5,8-9H2,1-2H3. The maximum atomic E-state index is 13.5. The van der Waals surface area contributed by atoms with Crippen molar-refractivity contribution in [1.82, 2.24) is 4.90 Å². The summed E-state index contributed by atoms with van der Waals surface area (Å²) >= 11 is 0. The average molecular weight is 254 g/mol. The molecule has 1 N–H and O–H groups in total. The Morgan fingerprint density at radius 3 is 2.61 bits per heavy atom. The van der Waals surface area contributed by atoms with Crippen LogP contribution in [0.25, 0.3) is 0 Å². The summed E-state index contributed by atoms with van der Waals surface area (Å²) < 4.78 is 27.1. The maximum Gasteiger partial charge on any atom is 0.149 e. The number of likely N-dealkylation sites (tertiary alicyclic amines) is 1. The highest BCUT2D eigenvalue weighted by Gasteiger charge is 2.24. The van der Waals surface area contributed by atoms with Crippen LogP contribution in [0.1, 0.15) is 19.8 Å². The van der Waals surface area contributed by atoms with Crippen LogP contribution in [0.5, 0.6) is 0 Å². The Bertz CT molecular complexity index is 389. The maximum absolute atomic E-state index is 13.5. The number of hydrogen-bond acceptors (Lipinski definition) is 2. The van der Waals surface area contributed by atoms with Crippen molar-refractivity contribution in [2.45, 2.75) is 25.8 Å². The van der Waals surface area contributed by atoms with E-state index in [2.05, 4.69) is 17.3 Å². The van der Waals surface area contributed by atoms with Crippen molar-refractivity contribution in [1.29, 1.82) is 0 Å². The van der Waals surface area contributed by atoms with E-state index in [0.717, 1.165) is 25.9 Å². The Morgan fingerprint density at radius 2 is 2.00 bits per heavy atom. The molecule has 1 saturated heterocycles. The van der Waals surface area contributed by atoms with Crippen LogP contribution in [0, 0.1) is 17.6 Å². The van der Waals surface area contributed by atoms with Crippen molar-refractivity contribution >= 4 is 5.69 Å². The highest BCUT2D eigenvalue weighted by atomic mass is 19.1. The Morgan fingerprint density at radius 1 is 1.33 bits per heavy atom. The summed E-state index contributed by atoms with van der Waals surface area (Å²) in [4.78, 5) is 2.27. The van der Waals surface area contributed by atoms with Crippen molar-refractivity contribution in [3.63, 3.8) is 0 Å². The molecule has 2 rings (SSSR count). The first-order valence-corrected chi connectivity index (χ1v) is 6.47. The van der Waals surface area contributed by atoms with Crippen LogP contribution in [0.3, 0.4) is 0 Å². The molecule has 1 aromatic carbocycles. The number of benzene rings is 1. The van der Waals surface area contributed by atoms with Gasteiger partial charge < -0.3 is 10.2 Å². The number of rotatable bonds is 3. The zero-order valence-corrected chi connectivity index (χ0v) is 10.9. The highest BCUT2D eigenvalue weighted by Crippen LogP contribution is 2.24. The second kappa shape index (κ2) is 5.65. The number of halogens is 2. The zero-order chi connectivity index (χ0) is 13.1. The van der Waals surface area contributed by atoms with Crippen molar-refractivity contribution in [2.24, 2.45) is 5.92 Å². The molecular weight excluding hydrogens is 234 g/mol. The second-order valence-corrected chi connectivity index (χ2v) is 5.19. The third-order valence-corrected chi connectivity index (χ3v) is 3.70. The summed E-state index contributed by atoms with van der Waals surface area (Å²) in [7, 11) is 2.09. The van der Waals surface area contributed by atoms with Gasteiger partial charge in [0, 0.05) is 12.6 Å². The first kappa shape index (κ1) is 13.3. The lowest BCUT2D eigenvalue weighted by Gasteiger charge is -2.34. The lowest BCUT2D eigenvalue weighted by atomic mass is 9.91. The van der Waals surface area contributed by atoms with Crippen LogP contribution >= 0.6 is 0 Å². The Balaban J connectivity index is 2.04. The molecule has 0 aliphatic carbocycles. The monoisotopic (exact) mass is 254 g/mol. The van der Waals surface area contributed by atoms with Gasteiger partial charge in [0.15, 0.2) is 0 Å². The van der Waals surface area contributed by atoms with Crippen LogP contribution in [-0.2, 0) is 0 Å². The molecule has 0 saturated carbocycles. The van der Waals surface area contributed by atoms with Gasteiger partial charge in [-0.25, -0.2) is 8.78 Å². The van der Waals surface area contributed by atoms with Gasteiger partial charge in [-0.15, -0.1) is 0 Å². The van der Waals surface area contributed by atoms with Gasteiger partial charge in [0.1, 0.15) is 17.3 Å². The third kappa shape index (κ3) is 2.99. The molecule has 0 spiro atoms. The van der Waals surface area contributed by atoms with E-state index in [0.29, 0.717) is 5.92 Å².